The number of terminal acetylenes is 1. The second-order valence-electron chi connectivity index (χ2n) is 4.12. The van der Waals surface area contributed by atoms with Crippen LogP contribution in [-0.4, -0.2) is 0 Å². The van der Waals surface area contributed by atoms with Gasteiger partial charge in [-0.15, -0.1) is 12.3 Å². The number of hydrogen-bond donors (Lipinski definition) is 0. The van der Waals surface area contributed by atoms with Gasteiger partial charge in [0.05, 0.1) is 0 Å². The molecule has 0 N–H and O–H groups in total. The highest BCUT2D eigenvalue weighted by atomic mass is 14.1. The fourth-order valence-corrected chi connectivity index (χ4v) is 2.25. The molecule has 0 aromatic heterocycles. The van der Waals surface area contributed by atoms with E-state index < -0.39 is 0 Å². The van der Waals surface area contributed by atoms with Crippen molar-refractivity contribution in [1.29, 1.82) is 0 Å². The second kappa shape index (κ2) is 4.33. The Kier molecular flexibility index (Phi) is 3.36. The summed E-state index contributed by atoms with van der Waals surface area (Å²) >= 11 is 0. The van der Waals surface area contributed by atoms with Crippen molar-refractivity contribution >= 4 is 0 Å². The Labute approximate surface area is 87.4 Å². The molecule has 0 saturated heterocycles. The molecule has 0 spiro atoms. The normalized spacial score (nSPS) is 12.2. The Bertz CT molecular complexity index is 343. The summed E-state index contributed by atoms with van der Waals surface area (Å²) in [5.74, 6) is 3.21. The van der Waals surface area contributed by atoms with Gasteiger partial charge in [-0.05, 0) is 43.4 Å². The molecule has 0 bridgehead atoms. The van der Waals surface area contributed by atoms with Gasteiger partial charge in [0.2, 0.25) is 0 Å². The minimum atomic E-state index is 0.473. The lowest BCUT2D eigenvalue weighted by Crippen LogP contribution is -1.99. The summed E-state index contributed by atoms with van der Waals surface area (Å²) in [5, 5.41) is 0. The predicted octanol–water partition coefficient (Wildman–Crippen LogP) is 3.74. The van der Waals surface area contributed by atoms with Crippen LogP contribution in [0.4, 0.5) is 0 Å². The van der Waals surface area contributed by atoms with E-state index in [0.717, 1.165) is 6.42 Å². The van der Waals surface area contributed by atoms with E-state index in [1.165, 1.54) is 22.3 Å². The summed E-state index contributed by atoms with van der Waals surface area (Å²) in [4.78, 5) is 0. The van der Waals surface area contributed by atoms with Crippen LogP contribution in [0, 0.1) is 33.1 Å². The number of benzene rings is 1. The van der Waals surface area contributed by atoms with Gasteiger partial charge in [-0.1, -0.05) is 24.6 Å². The maximum atomic E-state index is 5.35. The molecule has 0 amide bonds. The van der Waals surface area contributed by atoms with Crippen molar-refractivity contribution in [3.63, 3.8) is 0 Å². The zero-order chi connectivity index (χ0) is 10.7. The molecule has 0 aliphatic carbocycles. The zero-order valence-electron chi connectivity index (χ0n) is 9.52. The highest BCUT2D eigenvalue weighted by Gasteiger charge is 2.10. The van der Waals surface area contributed by atoms with E-state index >= 15 is 0 Å². The standard InChI is InChI=1S/C14H18/c1-6-7-11(3)14-12(4)8-10(2)9-13(14)5/h1,8-9,11H,7H2,2-5H3. The third kappa shape index (κ3) is 2.17. The predicted molar refractivity (Wildman–Crippen MR) is 62.5 cm³/mol. The lowest BCUT2D eigenvalue weighted by Gasteiger charge is -2.16. The minimum Gasteiger partial charge on any atom is -0.120 e. The van der Waals surface area contributed by atoms with Crippen molar-refractivity contribution in [2.75, 3.05) is 0 Å². The average molecular weight is 186 g/mol. The van der Waals surface area contributed by atoms with Crippen LogP contribution >= 0.6 is 0 Å². The molecular formula is C14H18. The van der Waals surface area contributed by atoms with Crippen LogP contribution < -0.4 is 0 Å². The first-order valence-corrected chi connectivity index (χ1v) is 5.07. The maximum Gasteiger partial charge on any atom is 0.0152 e. The third-order valence-corrected chi connectivity index (χ3v) is 2.65. The molecule has 0 aliphatic heterocycles. The van der Waals surface area contributed by atoms with Crippen LogP contribution in [0.25, 0.3) is 0 Å². The van der Waals surface area contributed by atoms with Crippen LogP contribution in [0.2, 0.25) is 0 Å². The van der Waals surface area contributed by atoms with Gasteiger partial charge in [0, 0.05) is 6.42 Å². The van der Waals surface area contributed by atoms with Gasteiger partial charge in [0.1, 0.15) is 0 Å². The summed E-state index contributed by atoms with van der Waals surface area (Å²) in [5.41, 5.74) is 5.49. The topological polar surface area (TPSA) is 0 Å². The van der Waals surface area contributed by atoms with Crippen molar-refractivity contribution in [3.8, 4) is 12.3 Å². The fraction of sp³-hybridized carbons (Fsp3) is 0.429. The van der Waals surface area contributed by atoms with E-state index in [9.17, 15) is 0 Å². The van der Waals surface area contributed by atoms with Crippen molar-refractivity contribution in [1.82, 2.24) is 0 Å². The van der Waals surface area contributed by atoms with Gasteiger partial charge in [0.25, 0.3) is 0 Å². The summed E-state index contributed by atoms with van der Waals surface area (Å²) in [6.07, 6.45) is 6.17. The highest BCUT2D eigenvalue weighted by molar-refractivity contribution is 5.40. The first-order chi connectivity index (χ1) is 6.56. The fourth-order valence-electron chi connectivity index (χ4n) is 2.25. The summed E-state index contributed by atoms with van der Waals surface area (Å²) in [6.45, 7) is 8.67. The molecule has 1 rings (SSSR count). The first-order valence-electron chi connectivity index (χ1n) is 5.07. The van der Waals surface area contributed by atoms with Gasteiger partial charge < -0.3 is 0 Å². The molecule has 1 atom stereocenters. The third-order valence-electron chi connectivity index (χ3n) is 2.65. The largest absolute Gasteiger partial charge is 0.120 e. The quantitative estimate of drug-likeness (QED) is 0.617. The van der Waals surface area contributed by atoms with Crippen LogP contribution in [0.3, 0.4) is 0 Å². The molecule has 1 aromatic carbocycles. The number of rotatable bonds is 2. The first kappa shape index (κ1) is 10.9. The molecule has 74 valence electrons. The molecule has 0 saturated carbocycles. The smallest absolute Gasteiger partial charge is 0.0152 e. The molecule has 14 heavy (non-hydrogen) atoms. The summed E-state index contributed by atoms with van der Waals surface area (Å²) < 4.78 is 0. The highest BCUT2D eigenvalue weighted by Crippen LogP contribution is 2.26. The van der Waals surface area contributed by atoms with Gasteiger partial charge in [-0.25, -0.2) is 0 Å². The zero-order valence-corrected chi connectivity index (χ0v) is 9.52. The second-order valence-corrected chi connectivity index (χ2v) is 4.12. The Morgan fingerprint density at radius 2 is 1.71 bits per heavy atom. The molecule has 1 aromatic rings. The average Bonchev–Trinajstić information content (AvgIpc) is 2.01. The SMILES string of the molecule is C#CCC(C)c1c(C)cc(C)cc1C. The van der Waals surface area contributed by atoms with Crippen molar-refractivity contribution < 1.29 is 0 Å². The van der Waals surface area contributed by atoms with Crippen LogP contribution in [0.5, 0.6) is 0 Å². The molecule has 0 fully saturated rings. The van der Waals surface area contributed by atoms with Crippen LogP contribution in [0.1, 0.15) is 41.5 Å². The lowest BCUT2D eigenvalue weighted by atomic mass is 9.89. The lowest BCUT2D eigenvalue weighted by molar-refractivity contribution is 0.780. The molecule has 0 radical (unpaired) electrons. The Morgan fingerprint density at radius 3 is 2.14 bits per heavy atom. The monoisotopic (exact) mass is 186 g/mol. The van der Waals surface area contributed by atoms with Gasteiger partial charge >= 0.3 is 0 Å². The van der Waals surface area contributed by atoms with Gasteiger partial charge in [-0.2, -0.15) is 0 Å². The minimum absolute atomic E-state index is 0.473. The van der Waals surface area contributed by atoms with E-state index in [1.807, 2.05) is 0 Å². The molecule has 1 unspecified atom stereocenters. The maximum absolute atomic E-state index is 5.35. The van der Waals surface area contributed by atoms with Crippen LogP contribution in [0.15, 0.2) is 12.1 Å². The van der Waals surface area contributed by atoms with Crippen molar-refractivity contribution in [3.05, 3.63) is 34.4 Å². The van der Waals surface area contributed by atoms with Gasteiger partial charge in [-0.3, -0.25) is 0 Å². The number of hydrogen-bond acceptors (Lipinski definition) is 0. The Morgan fingerprint density at radius 1 is 1.21 bits per heavy atom. The molecule has 0 nitrogen and oxygen atoms in total. The molecule has 0 heteroatoms. The summed E-state index contributed by atoms with van der Waals surface area (Å²) in [6, 6.07) is 4.46. The van der Waals surface area contributed by atoms with E-state index in [4.69, 9.17) is 6.42 Å². The summed E-state index contributed by atoms with van der Waals surface area (Å²) in [7, 11) is 0. The van der Waals surface area contributed by atoms with E-state index in [-0.39, 0.29) is 0 Å². The molecular weight excluding hydrogens is 168 g/mol. The molecule has 0 heterocycles. The Balaban J connectivity index is 3.15. The van der Waals surface area contributed by atoms with E-state index in [1.54, 1.807) is 0 Å². The van der Waals surface area contributed by atoms with Crippen molar-refractivity contribution in [2.45, 2.75) is 40.0 Å². The Hall–Kier alpha value is -1.22. The van der Waals surface area contributed by atoms with Gasteiger partial charge in [0.15, 0.2) is 0 Å². The molecule has 0 aliphatic rings. The van der Waals surface area contributed by atoms with Crippen molar-refractivity contribution in [2.24, 2.45) is 0 Å². The number of aryl methyl sites for hydroxylation is 3. The van der Waals surface area contributed by atoms with E-state index in [0.29, 0.717) is 5.92 Å². The van der Waals surface area contributed by atoms with Crippen LogP contribution in [-0.2, 0) is 0 Å². The van der Waals surface area contributed by atoms with E-state index in [2.05, 4.69) is 45.7 Å².